The van der Waals surface area contributed by atoms with E-state index in [-0.39, 0.29) is 11.9 Å². The molecule has 3 nitrogen and oxygen atoms in total. The maximum absolute atomic E-state index is 12.0. The Morgan fingerprint density at radius 3 is 3.10 bits per heavy atom. The average molecular weight is 317 g/mol. The molecule has 0 aliphatic carbocycles. The fourth-order valence-corrected chi connectivity index (χ4v) is 4.69. The maximum atomic E-state index is 12.0. The van der Waals surface area contributed by atoms with Gasteiger partial charge in [-0.1, -0.05) is 12.0 Å². The lowest BCUT2D eigenvalue weighted by molar-refractivity contribution is -0.919. The van der Waals surface area contributed by atoms with Crippen LogP contribution in [0.3, 0.4) is 0 Å². The van der Waals surface area contributed by atoms with Crippen LogP contribution < -0.4 is 10.2 Å². The Morgan fingerprint density at radius 1 is 1.43 bits per heavy atom. The van der Waals surface area contributed by atoms with Crippen LogP contribution in [0.25, 0.3) is 0 Å². The number of quaternary nitrogens is 1. The van der Waals surface area contributed by atoms with Crippen molar-refractivity contribution >= 4 is 28.6 Å². The summed E-state index contributed by atoms with van der Waals surface area (Å²) >= 11 is 3.59. The van der Waals surface area contributed by atoms with E-state index in [1.54, 1.807) is 11.3 Å². The Kier molecular flexibility index (Phi) is 4.39. The summed E-state index contributed by atoms with van der Waals surface area (Å²) in [5, 5.41) is 7.04. The van der Waals surface area contributed by atoms with Crippen molar-refractivity contribution in [1.29, 1.82) is 0 Å². The topological polar surface area (TPSA) is 33.5 Å². The minimum absolute atomic E-state index is 0.0307. The first-order chi connectivity index (χ1) is 10.3. The number of rotatable bonds is 4. The van der Waals surface area contributed by atoms with E-state index in [0.717, 1.165) is 13.0 Å². The third-order valence-electron chi connectivity index (χ3n) is 3.78. The van der Waals surface area contributed by atoms with Gasteiger partial charge in [-0.15, -0.1) is 29.1 Å². The molecule has 0 saturated carbocycles. The Morgan fingerprint density at radius 2 is 2.33 bits per heavy atom. The molecule has 0 aromatic carbocycles. The molecule has 1 aliphatic rings. The van der Waals surface area contributed by atoms with Gasteiger partial charge < -0.3 is 10.2 Å². The zero-order valence-electron chi connectivity index (χ0n) is 11.6. The monoisotopic (exact) mass is 317 g/mol. The number of terminal acetylenes is 1. The minimum Gasteiger partial charge on any atom is -0.340 e. The molecule has 0 saturated heterocycles. The highest BCUT2D eigenvalue weighted by Crippen LogP contribution is 2.31. The molecule has 1 unspecified atom stereocenters. The fraction of sp³-hybridized carbons (Fsp3) is 0.312. The van der Waals surface area contributed by atoms with Gasteiger partial charge in [0.05, 0.1) is 18.0 Å². The molecule has 2 aromatic rings. The summed E-state index contributed by atoms with van der Waals surface area (Å²) < 4.78 is 0. The van der Waals surface area contributed by atoms with E-state index in [4.69, 9.17) is 6.42 Å². The maximum Gasteiger partial charge on any atom is 0.275 e. The molecule has 0 fully saturated rings. The summed E-state index contributed by atoms with van der Waals surface area (Å²) in [5.74, 6) is 2.48. The van der Waals surface area contributed by atoms with Crippen molar-refractivity contribution in [2.75, 3.05) is 19.6 Å². The summed E-state index contributed by atoms with van der Waals surface area (Å²) in [6.45, 7) is 1.76. The van der Waals surface area contributed by atoms with Gasteiger partial charge in [-0.3, -0.25) is 4.79 Å². The standard InChI is InChI=1S/C16H16N2OS2/c1-2-7-17-15(19)11-18-8-5-13-12(6-10-21-13)16(18)14-4-3-9-20-14/h1,3-4,6,9-10,16H,5,7-8,11H2,(H,17,19)/p+1/t16-/m0/s1. The van der Waals surface area contributed by atoms with Crippen LogP contribution in [0.4, 0.5) is 0 Å². The zero-order chi connectivity index (χ0) is 14.7. The molecule has 1 amide bonds. The predicted molar refractivity (Wildman–Crippen MR) is 86.7 cm³/mol. The number of carbonyl (C=O) groups excluding carboxylic acids is 1. The second-order valence-electron chi connectivity index (χ2n) is 5.06. The SMILES string of the molecule is C#CCNC(=O)C[NH+]1CCc2sccc2[C@H]1c1cccs1. The number of amides is 1. The van der Waals surface area contributed by atoms with Crippen LogP contribution >= 0.6 is 22.7 Å². The van der Waals surface area contributed by atoms with Crippen LogP contribution in [0, 0.1) is 12.3 Å². The molecule has 0 radical (unpaired) electrons. The predicted octanol–water partition coefficient (Wildman–Crippen LogP) is 1.09. The number of carbonyl (C=O) groups is 1. The second kappa shape index (κ2) is 6.44. The molecule has 2 N–H and O–H groups in total. The van der Waals surface area contributed by atoms with Gasteiger partial charge in [0, 0.05) is 16.9 Å². The molecule has 2 aromatic heterocycles. The zero-order valence-corrected chi connectivity index (χ0v) is 13.2. The van der Waals surface area contributed by atoms with Crippen LogP contribution in [0.15, 0.2) is 29.0 Å². The number of fused-ring (bicyclic) bond motifs is 1. The van der Waals surface area contributed by atoms with Gasteiger partial charge >= 0.3 is 0 Å². The molecule has 5 heteroatoms. The van der Waals surface area contributed by atoms with Gasteiger partial charge in [-0.2, -0.15) is 0 Å². The van der Waals surface area contributed by atoms with Crippen LogP contribution in [-0.4, -0.2) is 25.5 Å². The second-order valence-corrected chi connectivity index (χ2v) is 7.04. The van der Waals surface area contributed by atoms with E-state index in [2.05, 4.69) is 40.2 Å². The highest BCUT2D eigenvalue weighted by atomic mass is 32.1. The van der Waals surface area contributed by atoms with E-state index in [0.29, 0.717) is 13.1 Å². The van der Waals surface area contributed by atoms with Crippen LogP contribution in [0.2, 0.25) is 0 Å². The molecule has 1 aliphatic heterocycles. The number of thiophene rings is 2. The molecule has 2 atom stereocenters. The van der Waals surface area contributed by atoms with Gasteiger partial charge in [-0.25, -0.2) is 0 Å². The quantitative estimate of drug-likeness (QED) is 0.813. The first-order valence-electron chi connectivity index (χ1n) is 6.94. The van der Waals surface area contributed by atoms with Gasteiger partial charge in [0.2, 0.25) is 0 Å². The first kappa shape index (κ1) is 14.3. The van der Waals surface area contributed by atoms with Crippen molar-refractivity contribution in [3.8, 4) is 12.3 Å². The van der Waals surface area contributed by atoms with Crippen LogP contribution in [0.5, 0.6) is 0 Å². The summed E-state index contributed by atoms with van der Waals surface area (Å²) in [7, 11) is 0. The van der Waals surface area contributed by atoms with Gasteiger partial charge in [-0.05, 0) is 22.9 Å². The van der Waals surface area contributed by atoms with Crippen LogP contribution in [-0.2, 0) is 11.2 Å². The van der Waals surface area contributed by atoms with Crippen LogP contribution in [0.1, 0.15) is 21.4 Å². The van der Waals surface area contributed by atoms with Crippen molar-refractivity contribution in [3.05, 3.63) is 44.3 Å². The molecule has 3 rings (SSSR count). The Hall–Kier alpha value is -1.61. The van der Waals surface area contributed by atoms with Gasteiger partial charge in [0.25, 0.3) is 5.91 Å². The van der Waals surface area contributed by atoms with Gasteiger partial charge in [0.1, 0.15) is 6.04 Å². The van der Waals surface area contributed by atoms with Crippen molar-refractivity contribution in [2.45, 2.75) is 12.5 Å². The fourth-order valence-electron chi connectivity index (χ4n) is 2.87. The molecule has 0 bridgehead atoms. The van der Waals surface area contributed by atoms with E-state index in [1.165, 1.54) is 20.2 Å². The Balaban J connectivity index is 1.83. The third-order valence-corrected chi connectivity index (χ3v) is 5.71. The Labute approximate surface area is 132 Å². The summed E-state index contributed by atoms with van der Waals surface area (Å²) in [5.41, 5.74) is 1.38. The smallest absolute Gasteiger partial charge is 0.275 e. The van der Waals surface area contributed by atoms with Crippen molar-refractivity contribution in [2.24, 2.45) is 0 Å². The molecule has 21 heavy (non-hydrogen) atoms. The highest BCUT2D eigenvalue weighted by molar-refractivity contribution is 7.10. The molecular formula is C16H17N2OS2+. The summed E-state index contributed by atoms with van der Waals surface area (Å²) in [4.78, 5) is 16.1. The molecule has 0 spiro atoms. The number of hydrogen-bond acceptors (Lipinski definition) is 3. The lowest BCUT2D eigenvalue weighted by atomic mass is 9.98. The largest absolute Gasteiger partial charge is 0.340 e. The number of hydrogen-bond donors (Lipinski definition) is 2. The molecule has 3 heterocycles. The lowest BCUT2D eigenvalue weighted by Gasteiger charge is -2.31. The summed E-state index contributed by atoms with van der Waals surface area (Å²) in [6, 6.07) is 6.73. The van der Waals surface area contributed by atoms with E-state index in [1.807, 2.05) is 11.3 Å². The van der Waals surface area contributed by atoms with Gasteiger partial charge in [0.15, 0.2) is 6.54 Å². The van der Waals surface area contributed by atoms with E-state index < -0.39 is 0 Å². The molecular weight excluding hydrogens is 300 g/mol. The number of nitrogens with one attached hydrogen (secondary N) is 2. The lowest BCUT2D eigenvalue weighted by Crippen LogP contribution is -3.14. The first-order valence-corrected chi connectivity index (χ1v) is 8.70. The third kappa shape index (κ3) is 3.03. The Bertz CT molecular complexity index is 654. The van der Waals surface area contributed by atoms with Crippen molar-refractivity contribution in [1.82, 2.24) is 5.32 Å². The normalized spacial score (nSPS) is 20.5. The minimum atomic E-state index is 0.0307. The van der Waals surface area contributed by atoms with E-state index >= 15 is 0 Å². The van der Waals surface area contributed by atoms with Crippen molar-refractivity contribution in [3.63, 3.8) is 0 Å². The highest BCUT2D eigenvalue weighted by Gasteiger charge is 2.34. The average Bonchev–Trinajstić information content (AvgIpc) is 3.15. The molecule has 108 valence electrons. The van der Waals surface area contributed by atoms with Crippen molar-refractivity contribution < 1.29 is 9.69 Å². The van der Waals surface area contributed by atoms with E-state index in [9.17, 15) is 4.79 Å². The summed E-state index contributed by atoms with van der Waals surface area (Å²) in [6.07, 6.45) is 6.24.